The first-order valence-electron chi connectivity index (χ1n) is 10.6. The average Bonchev–Trinajstić information content (AvgIpc) is 3.00. The van der Waals surface area contributed by atoms with E-state index < -0.39 is 5.92 Å². The van der Waals surface area contributed by atoms with Gasteiger partial charge in [0, 0.05) is 31.3 Å². The Bertz CT molecular complexity index is 983. The van der Waals surface area contributed by atoms with Gasteiger partial charge in [-0.05, 0) is 54.7 Å². The van der Waals surface area contributed by atoms with Crippen LogP contribution in [0.3, 0.4) is 0 Å². The van der Waals surface area contributed by atoms with Crippen LogP contribution in [-0.2, 0) is 12.8 Å². The number of likely N-dealkylation sites (tertiary alicyclic amines) is 1. The smallest absolute Gasteiger partial charge is 0.285 e. The number of fused-ring (bicyclic) bond motifs is 2. The first-order valence-corrected chi connectivity index (χ1v) is 10.6. The van der Waals surface area contributed by atoms with Crippen molar-refractivity contribution in [3.05, 3.63) is 41.0 Å². The van der Waals surface area contributed by atoms with Gasteiger partial charge in [-0.2, -0.15) is 0 Å². The maximum Gasteiger partial charge on any atom is 0.285 e. The highest BCUT2D eigenvalue weighted by Crippen LogP contribution is 2.60. The number of amidine groups is 1. The standard InChI is InChI=1S/C24H29F2N3/c1-14-6-16-8-22(3,4)10-19(16)18(7-14)15(2)29-12-17-9-24(17,13-29)21-27-11-20(28-21)23(5,25)26/h6-7,17H,2,8-13H2,1,3-5H3. The van der Waals surface area contributed by atoms with E-state index >= 15 is 0 Å². The largest absolute Gasteiger partial charge is 0.370 e. The molecule has 1 saturated carbocycles. The van der Waals surface area contributed by atoms with E-state index in [1.165, 1.54) is 22.3 Å². The van der Waals surface area contributed by atoms with E-state index in [0.717, 1.165) is 45.0 Å². The highest BCUT2D eigenvalue weighted by Gasteiger charge is 2.64. The zero-order chi connectivity index (χ0) is 20.8. The molecule has 2 aliphatic carbocycles. The predicted molar refractivity (Wildman–Crippen MR) is 114 cm³/mol. The summed E-state index contributed by atoms with van der Waals surface area (Å²) in [6.45, 7) is 13.9. The molecule has 1 saturated heterocycles. The van der Waals surface area contributed by atoms with Gasteiger partial charge in [0.2, 0.25) is 0 Å². The van der Waals surface area contributed by atoms with Gasteiger partial charge in [-0.15, -0.1) is 0 Å². The van der Waals surface area contributed by atoms with E-state index in [0.29, 0.717) is 11.8 Å². The summed E-state index contributed by atoms with van der Waals surface area (Å²) in [4.78, 5) is 11.0. The summed E-state index contributed by atoms with van der Waals surface area (Å²) in [6, 6.07) is 4.58. The lowest BCUT2D eigenvalue weighted by Crippen LogP contribution is -2.28. The third kappa shape index (κ3) is 2.96. The second-order valence-corrected chi connectivity index (χ2v) is 10.4. The number of hydrogen-bond donors (Lipinski definition) is 0. The first-order chi connectivity index (χ1) is 13.5. The normalized spacial score (nSPS) is 29.4. The predicted octanol–water partition coefficient (Wildman–Crippen LogP) is 4.92. The van der Waals surface area contributed by atoms with Crippen LogP contribution in [0.5, 0.6) is 0 Å². The molecule has 0 N–H and O–H groups in total. The quantitative estimate of drug-likeness (QED) is 0.709. The molecule has 0 aromatic heterocycles. The van der Waals surface area contributed by atoms with Crippen LogP contribution in [0.4, 0.5) is 8.78 Å². The van der Waals surface area contributed by atoms with Crippen LogP contribution < -0.4 is 0 Å². The Morgan fingerprint density at radius 1 is 1.28 bits per heavy atom. The Kier molecular flexibility index (Phi) is 3.77. The summed E-state index contributed by atoms with van der Waals surface area (Å²) in [5.74, 6) is -1.80. The SMILES string of the molecule is C=C(c1cc(C)cc2c1CC(C)(C)C2)N1CC2CC2(C2=NCC(C(C)(F)F)=N2)C1. The summed E-state index contributed by atoms with van der Waals surface area (Å²) < 4.78 is 27.3. The van der Waals surface area contributed by atoms with Crippen LogP contribution in [0.1, 0.15) is 49.4 Å². The maximum absolute atomic E-state index is 13.7. The van der Waals surface area contributed by atoms with Crippen molar-refractivity contribution in [2.24, 2.45) is 26.7 Å². The van der Waals surface area contributed by atoms with Gasteiger partial charge in [0.25, 0.3) is 5.92 Å². The molecule has 5 heteroatoms. The van der Waals surface area contributed by atoms with Crippen LogP contribution in [0.25, 0.3) is 5.70 Å². The minimum absolute atomic E-state index is 0.0364. The lowest BCUT2D eigenvalue weighted by molar-refractivity contribution is 0.0997. The van der Waals surface area contributed by atoms with Crippen LogP contribution in [0.2, 0.25) is 0 Å². The topological polar surface area (TPSA) is 28.0 Å². The van der Waals surface area contributed by atoms with Crippen molar-refractivity contribution < 1.29 is 8.78 Å². The Balaban J connectivity index is 1.39. The molecule has 1 aromatic carbocycles. The molecule has 0 amide bonds. The molecule has 2 aliphatic heterocycles. The molecule has 1 aromatic rings. The zero-order valence-corrected chi connectivity index (χ0v) is 17.8. The van der Waals surface area contributed by atoms with Crippen LogP contribution in [0, 0.1) is 23.7 Å². The fourth-order valence-electron chi connectivity index (χ4n) is 5.63. The average molecular weight is 398 g/mol. The Morgan fingerprint density at radius 2 is 2.03 bits per heavy atom. The van der Waals surface area contributed by atoms with Gasteiger partial charge >= 0.3 is 0 Å². The number of aryl methyl sites for hydroxylation is 1. The minimum atomic E-state index is -2.89. The second kappa shape index (κ2) is 5.77. The zero-order valence-electron chi connectivity index (χ0n) is 17.8. The summed E-state index contributed by atoms with van der Waals surface area (Å²) in [5.41, 5.74) is 6.53. The number of rotatable bonds is 4. The number of alkyl halides is 2. The van der Waals surface area contributed by atoms with E-state index in [9.17, 15) is 8.78 Å². The lowest BCUT2D eigenvalue weighted by atomic mass is 9.90. The number of hydrogen-bond acceptors (Lipinski definition) is 3. The summed E-state index contributed by atoms with van der Waals surface area (Å²) >= 11 is 0. The third-order valence-corrected chi connectivity index (χ3v) is 7.22. The Morgan fingerprint density at radius 3 is 2.72 bits per heavy atom. The van der Waals surface area contributed by atoms with Crippen molar-refractivity contribution in [2.75, 3.05) is 19.6 Å². The molecule has 3 nitrogen and oxygen atoms in total. The van der Waals surface area contributed by atoms with Crippen molar-refractivity contribution in [1.29, 1.82) is 0 Å². The van der Waals surface area contributed by atoms with Crippen LogP contribution in [-0.4, -0.2) is 42.0 Å². The highest BCUT2D eigenvalue weighted by atomic mass is 19.3. The number of nitrogens with zero attached hydrogens (tertiary/aromatic N) is 3. The molecule has 2 atom stereocenters. The van der Waals surface area contributed by atoms with E-state index in [-0.39, 0.29) is 23.1 Å². The number of piperidine rings is 1. The fourth-order valence-corrected chi connectivity index (χ4v) is 5.63. The summed E-state index contributed by atoms with van der Waals surface area (Å²) in [6.07, 6.45) is 3.18. The molecule has 2 fully saturated rings. The number of aliphatic imine (C=N–C) groups is 2. The Hall–Kier alpha value is -2.04. The fraction of sp³-hybridized carbons (Fsp3) is 0.583. The molecular weight excluding hydrogens is 368 g/mol. The van der Waals surface area contributed by atoms with E-state index in [4.69, 9.17) is 0 Å². The van der Waals surface area contributed by atoms with Crippen molar-refractivity contribution in [3.8, 4) is 0 Å². The van der Waals surface area contributed by atoms with Gasteiger partial charge in [-0.3, -0.25) is 4.99 Å². The molecule has 2 unspecified atom stereocenters. The van der Waals surface area contributed by atoms with Gasteiger partial charge in [0.1, 0.15) is 11.5 Å². The highest BCUT2D eigenvalue weighted by molar-refractivity contribution is 6.10. The summed E-state index contributed by atoms with van der Waals surface area (Å²) in [5, 5.41) is 0. The van der Waals surface area contributed by atoms with Gasteiger partial charge in [-0.1, -0.05) is 32.1 Å². The summed E-state index contributed by atoms with van der Waals surface area (Å²) in [7, 11) is 0. The lowest BCUT2D eigenvalue weighted by Gasteiger charge is -2.27. The minimum Gasteiger partial charge on any atom is -0.370 e. The van der Waals surface area contributed by atoms with E-state index in [1.54, 1.807) is 0 Å². The Labute approximate surface area is 171 Å². The molecule has 0 bridgehead atoms. The van der Waals surface area contributed by atoms with Crippen LogP contribution in [0.15, 0.2) is 28.7 Å². The molecule has 0 radical (unpaired) electrons. The molecule has 5 rings (SSSR count). The number of benzene rings is 1. The van der Waals surface area contributed by atoms with Crippen LogP contribution >= 0.6 is 0 Å². The molecule has 2 heterocycles. The number of halogens is 2. The monoisotopic (exact) mass is 397 g/mol. The third-order valence-electron chi connectivity index (χ3n) is 7.22. The molecule has 4 aliphatic rings. The van der Waals surface area contributed by atoms with Gasteiger partial charge < -0.3 is 4.90 Å². The van der Waals surface area contributed by atoms with Crippen molar-refractivity contribution in [1.82, 2.24) is 4.90 Å². The van der Waals surface area contributed by atoms with E-state index in [2.05, 4.69) is 54.4 Å². The van der Waals surface area contributed by atoms with E-state index in [1.807, 2.05) is 0 Å². The molecule has 0 spiro atoms. The molecule has 154 valence electrons. The molecular formula is C24H29F2N3. The van der Waals surface area contributed by atoms with Gasteiger partial charge in [0.05, 0.1) is 12.0 Å². The second-order valence-electron chi connectivity index (χ2n) is 10.4. The van der Waals surface area contributed by atoms with Gasteiger partial charge in [0.15, 0.2) is 0 Å². The molecule has 29 heavy (non-hydrogen) atoms. The maximum atomic E-state index is 13.7. The van der Waals surface area contributed by atoms with Crippen molar-refractivity contribution >= 4 is 17.2 Å². The van der Waals surface area contributed by atoms with Gasteiger partial charge in [-0.25, -0.2) is 13.8 Å². The first kappa shape index (κ1) is 19.0. The van der Waals surface area contributed by atoms with Crippen molar-refractivity contribution in [2.45, 2.75) is 52.9 Å². The van der Waals surface area contributed by atoms with Crippen molar-refractivity contribution in [3.63, 3.8) is 0 Å².